The summed E-state index contributed by atoms with van der Waals surface area (Å²) in [4.78, 5) is 26.5. The molecule has 2 amide bonds. The molecule has 0 saturated heterocycles. The van der Waals surface area contributed by atoms with E-state index in [4.69, 9.17) is 9.47 Å². The highest BCUT2D eigenvalue weighted by molar-refractivity contribution is 6.12. The summed E-state index contributed by atoms with van der Waals surface area (Å²) in [5, 5.41) is 6.21. The third-order valence-corrected chi connectivity index (χ3v) is 5.10. The molecule has 0 aromatic heterocycles. The minimum Gasteiger partial charge on any atom is -0.454 e. The number of carbonyl (C=O) groups is 2. The predicted octanol–water partition coefficient (Wildman–Crippen LogP) is 4.14. The number of carbonyl (C=O) groups excluding carboxylic acids is 2. The van der Waals surface area contributed by atoms with E-state index in [1.54, 1.807) is 23.1 Å². The van der Waals surface area contributed by atoms with Gasteiger partial charge < -0.3 is 20.1 Å². The molecule has 2 aliphatic heterocycles. The average Bonchev–Trinajstić information content (AvgIpc) is 3.22. The van der Waals surface area contributed by atoms with Gasteiger partial charge in [-0.05, 0) is 54.1 Å². The Morgan fingerprint density at radius 2 is 1.80 bits per heavy atom. The molecule has 0 aliphatic carbocycles. The van der Waals surface area contributed by atoms with Gasteiger partial charge in [-0.3, -0.25) is 14.5 Å². The molecule has 5 rings (SSSR count). The van der Waals surface area contributed by atoms with Gasteiger partial charge in [0.25, 0.3) is 5.91 Å². The molecule has 150 valence electrons. The summed E-state index contributed by atoms with van der Waals surface area (Å²) < 4.78 is 10.9. The number of para-hydroxylation sites is 1. The molecule has 7 heteroatoms. The lowest BCUT2D eigenvalue weighted by molar-refractivity contribution is -0.114. The van der Waals surface area contributed by atoms with Gasteiger partial charge in [0.05, 0.1) is 5.56 Å². The molecule has 0 radical (unpaired) electrons. The maximum Gasteiger partial charge on any atom is 0.262 e. The number of amides is 2. The number of anilines is 3. The maximum absolute atomic E-state index is 13.5. The Hall–Kier alpha value is -4.00. The van der Waals surface area contributed by atoms with Gasteiger partial charge in [0.2, 0.25) is 12.7 Å². The second-order valence-electron chi connectivity index (χ2n) is 7.11. The van der Waals surface area contributed by atoms with Gasteiger partial charge in [-0.1, -0.05) is 18.2 Å². The minimum absolute atomic E-state index is 0.112. The van der Waals surface area contributed by atoms with Crippen molar-refractivity contribution in [1.29, 1.82) is 0 Å². The maximum atomic E-state index is 13.5. The molecule has 3 aromatic carbocycles. The normalized spacial score (nSPS) is 16.6. The molecule has 2 aliphatic rings. The number of hydrogen-bond acceptors (Lipinski definition) is 5. The summed E-state index contributed by atoms with van der Waals surface area (Å²) in [5.41, 5.74) is 3.62. The van der Waals surface area contributed by atoms with Crippen LogP contribution in [-0.2, 0) is 4.79 Å². The van der Waals surface area contributed by atoms with Crippen molar-refractivity contribution in [2.24, 2.45) is 0 Å². The topological polar surface area (TPSA) is 79.9 Å². The Morgan fingerprint density at radius 1 is 1.03 bits per heavy atom. The second-order valence-corrected chi connectivity index (χ2v) is 7.11. The van der Waals surface area contributed by atoms with Crippen LogP contribution in [0.15, 0.2) is 66.7 Å². The molecule has 2 heterocycles. The Labute approximate surface area is 173 Å². The number of benzene rings is 3. The summed E-state index contributed by atoms with van der Waals surface area (Å²) in [7, 11) is 0. The minimum atomic E-state index is -0.437. The first-order chi connectivity index (χ1) is 14.6. The molecule has 3 aromatic rings. The van der Waals surface area contributed by atoms with Crippen molar-refractivity contribution >= 4 is 28.9 Å². The number of fused-ring (bicyclic) bond motifs is 2. The van der Waals surface area contributed by atoms with Gasteiger partial charge in [0, 0.05) is 24.0 Å². The van der Waals surface area contributed by atoms with Crippen LogP contribution in [0.5, 0.6) is 11.5 Å². The van der Waals surface area contributed by atoms with E-state index in [0.29, 0.717) is 28.4 Å². The lowest BCUT2D eigenvalue weighted by Gasteiger charge is -2.38. The highest BCUT2D eigenvalue weighted by Crippen LogP contribution is 2.40. The van der Waals surface area contributed by atoms with Gasteiger partial charge >= 0.3 is 0 Å². The first-order valence-corrected chi connectivity index (χ1v) is 9.56. The monoisotopic (exact) mass is 401 g/mol. The summed E-state index contributed by atoms with van der Waals surface area (Å²) in [6.07, 6.45) is -0.437. The van der Waals surface area contributed by atoms with Crippen LogP contribution >= 0.6 is 0 Å². The van der Waals surface area contributed by atoms with Crippen molar-refractivity contribution in [3.8, 4) is 11.5 Å². The first-order valence-electron chi connectivity index (χ1n) is 9.56. The van der Waals surface area contributed by atoms with E-state index in [9.17, 15) is 9.59 Å². The highest BCUT2D eigenvalue weighted by atomic mass is 16.7. The molecule has 0 unspecified atom stereocenters. The summed E-state index contributed by atoms with van der Waals surface area (Å²) >= 11 is 0. The summed E-state index contributed by atoms with van der Waals surface area (Å²) in [6, 6.07) is 20.3. The van der Waals surface area contributed by atoms with Crippen molar-refractivity contribution < 1.29 is 19.1 Å². The molecular weight excluding hydrogens is 382 g/mol. The lowest BCUT2D eigenvalue weighted by Crippen LogP contribution is -2.43. The number of nitrogens with zero attached hydrogens (tertiary/aromatic N) is 1. The lowest BCUT2D eigenvalue weighted by atomic mass is 10.0. The van der Waals surface area contributed by atoms with E-state index < -0.39 is 6.17 Å². The van der Waals surface area contributed by atoms with Crippen molar-refractivity contribution in [3.63, 3.8) is 0 Å². The van der Waals surface area contributed by atoms with Crippen molar-refractivity contribution in [2.45, 2.75) is 13.1 Å². The molecule has 7 nitrogen and oxygen atoms in total. The molecule has 30 heavy (non-hydrogen) atoms. The van der Waals surface area contributed by atoms with Crippen LogP contribution in [-0.4, -0.2) is 18.6 Å². The van der Waals surface area contributed by atoms with Crippen LogP contribution in [0, 0.1) is 0 Å². The van der Waals surface area contributed by atoms with Gasteiger partial charge in [0.15, 0.2) is 11.5 Å². The van der Waals surface area contributed by atoms with E-state index in [1.807, 2.05) is 48.5 Å². The van der Waals surface area contributed by atoms with Crippen LogP contribution in [0.2, 0.25) is 0 Å². The van der Waals surface area contributed by atoms with E-state index in [1.165, 1.54) is 6.92 Å². The summed E-state index contributed by atoms with van der Waals surface area (Å²) in [6.45, 7) is 1.64. The summed E-state index contributed by atoms with van der Waals surface area (Å²) in [5.74, 6) is 1.08. The quantitative estimate of drug-likeness (QED) is 0.689. The first kappa shape index (κ1) is 18.1. The molecule has 0 saturated carbocycles. The standard InChI is InChI=1S/C23H19N3O4/c1-14(27)24-16-7-9-17(10-8-16)26-22(15-6-11-20-21(12-15)30-13-29-20)25-19-5-3-2-4-18(19)23(26)28/h2-12,22,25H,13H2,1H3,(H,24,27)/t22-/m1/s1. The van der Waals surface area contributed by atoms with Crippen LogP contribution in [0.25, 0.3) is 0 Å². The fraction of sp³-hybridized carbons (Fsp3) is 0.130. The highest BCUT2D eigenvalue weighted by Gasteiger charge is 2.34. The van der Waals surface area contributed by atoms with E-state index in [-0.39, 0.29) is 18.6 Å². The Kier molecular flexibility index (Phi) is 4.28. The molecule has 2 N–H and O–H groups in total. The van der Waals surface area contributed by atoms with E-state index >= 15 is 0 Å². The SMILES string of the molecule is CC(=O)Nc1ccc(N2C(=O)c3ccccc3N[C@H]2c2ccc3c(c2)OCO3)cc1. The van der Waals surface area contributed by atoms with Crippen LogP contribution in [0.1, 0.15) is 29.0 Å². The van der Waals surface area contributed by atoms with E-state index in [0.717, 1.165) is 11.3 Å². The molecule has 0 spiro atoms. The van der Waals surface area contributed by atoms with Crippen LogP contribution in [0.3, 0.4) is 0 Å². The largest absolute Gasteiger partial charge is 0.454 e. The molecule has 0 fully saturated rings. The number of ether oxygens (including phenoxy) is 2. The molecule has 1 atom stereocenters. The van der Waals surface area contributed by atoms with Crippen molar-refractivity contribution in [3.05, 3.63) is 77.9 Å². The van der Waals surface area contributed by atoms with Gasteiger partial charge in [-0.25, -0.2) is 0 Å². The Morgan fingerprint density at radius 3 is 2.60 bits per heavy atom. The Balaban J connectivity index is 1.58. The zero-order valence-corrected chi connectivity index (χ0v) is 16.2. The fourth-order valence-corrected chi connectivity index (χ4v) is 3.74. The third-order valence-electron chi connectivity index (χ3n) is 5.10. The number of hydrogen-bond donors (Lipinski definition) is 2. The second kappa shape index (κ2) is 7.11. The van der Waals surface area contributed by atoms with E-state index in [2.05, 4.69) is 10.6 Å². The van der Waals surface area contributed by atoms with Crippen molar-refractivity contribution in [2.75, 3.05) is 22.3 Å². The average molecular weight is 401 g/mol. The fourth-order valence-electron chi connectivity index (χ4n) is 3.74. The third kappa shape index (κ3) is 3.10. The smallest absolute Gasteiger partial charge is 0.262 e. The predicted molar refractivity (Wildman–Crippen MR) is 113 cm³/mol. The van der Waals surface area contributed by atoms with Gasteiger partial charge in [-0.2, -0.15) is 0 Å². The van der Waals surface area contributed by atoms with Crippen LogP contribution < -0.4 is 25.0 Å². The van der Waals surface area contributed by atoms with Crippen LogP contribution in [0.4, 0.5) is 17.1 Å². The number of nitrogens with one attached hydrogen (secondary N) is 2. The van der Waals surface area contributed by atoms with Gasteiger partial charge in [-0.15, -0.1) is 0 Å². The molecule has 0 bridgehead atoms. The zero-order valence-electron chi connectivity index (χ0n) is 16.2. The zero-order chi connectivity index (χ0) is 20.7. The molecular formula is C23H19N3O4. The number of rotatable bonds is 3. The van der Waals surface area contributed by atoms with Crippen molar-refractivity contribution in [1.82, 2.24) is 0 Å². The Bertz CT molecular complexity index is 1140. The van der Waals surface area contributed by atoms with Gasteiger partial charge in [0.1, 0.15) is 6.17 Å².